The summed E-state index contributed by atoms with van der Waals surface area (Å²) in [6.07, 6.45) is 3.79. The Hall–Kier alpha value is -0.920. The molecule has 2 aliphatic heterocycles. The Bertz CT molecular complexity index is 489. The normalized spacial score (nSPS) is 23.9. The lowest BCUT2D eigenvalue weighted by Gasteiger charge is -2.43. The van der Waals surface area contributed by atoms with Crippen molar-refractivity contribution in [3.63, 3.8) is 0 Å². The summed E-state index contributed by atoms with van der Waals surface area (Å²) in [5.41, 5.74) is 5.42. The van der Waals surface area contributed by atoms with E-state index in [1.165, 1.54) is 0 Å². The van der Waals surface area contributed by atoms with Crippen molar-refractivity contribution in [3.8, 4) is 0 Å². The van der Waals surface area contributed by atoms with Crippen LogP contribution in [0.1, 0.15) is 45.4 Å². The van der Waals surface area contributed by atoms with Gasteiger partial charge in [-0.25, -0.2) is 0 Å². The molecule has 0 aromatic carbocycles. The van der Waals surface area contributed by atoms with Crippen LogP contribution in [0.25, 0.3) is 0 Å². The first-order chi connectivity index (χ1) is 11.4. The summed E-state index contributed by atoms with van der Waals surface area (Å²) in [7, 11) is 2.08. The number of amides is 1. The number of nitrogens with two attached hydrogens (primary N) is 1. The maximum absolute atomic E-state index is 12.9. The molecule has 2 fully saturated rings. The third-order valence-electron chi connectivity index (χ3n) is 4.95. The van der Waals surface area contributed by atoms with Gasteiger partial charge in [-0.2, -0.15) is 0 Å². The van der Waals surface area contributed by atoms with Crippen LogP contribution in [0.3, 0.4) is 0 Å². The molecule has 0 radical (unpaired) electrons. The van der Waals surface area contributed by atoms with Crippen molar-refractivity contribution >= 4 is 29.2 Å². The van der Waals surface area contributed by atoms with E-state index in [0.717, 1.165) is 32.4 Å². The summed E-state index contributed by atoms with van der Waals surface area (Å²) < 4.78 is 0. The summed E-state index contributed by atoms with van der Waals surface area (Å²) in [6, 6.07) is 0. The van der Waals surface area contributed by atoms with Gasteiger partial charge in [0.15, 0.2) is 0 Å². The van der Waals surface area contributed by atoms with Crippen LogP contribution in [0.2, 0.25) is 0 Å². The molecule has 2 heterocycles. The van der Waals surface area contributed by atoms with E-state index in [-0.39, 0.29) is 40.6 Å². The van der Waals surface area contributed by atoms with Crippen molar-refractivity contribution in [2.75, 3.05) is 33.2 Å². The Labute approximate surface area is 148 Å². The van der Waals surface area contributed by atoms with Gasteiger partial charge in [0.05, 0.1) is 16.7 Å². The highest BCUT2D eigenvalue weighted by Gasteiger charge is 2.52. The van der Waals surface area contributed by atoms with Crippen molar-refractivity contribution in [1.82, 2.24) is 9.80 Å². The molecule has 24 heavy (non-hydrogen) atoms. The minimum atomic E-state index is -0.342. The second-order valence-corrected chi connectivity index (χ2v) is 8.40. The second-order valence-electron chi connectivity index (χ2n) is 6.83. The van der Waals surface area contributed by atoms with Crippen molar-refractivity contribution in [3.05, 3.63) is 0 Å². The number of carbonyl (C=O) groups excluding carboxylic acids is 3. The predicted molar refractivity (Wildman–Crippen MR) is 95.8 cm³/mol. The van der Waals surface area contributed by atoms with E-state index >= 15 is 0 Å². The zero-order chi connectivity index (χ0) is 17.7. The van der Waals surface area contributed by atoms with Crippen LogP contribution >= 0.6 is 11.8 Å². The molecule has 2 rings (SSSR count). The Morgan fingerprint density at radius 3 is 2.50 bits per heavy atom. The molecular formula is C17H29N3O3S. The number of nitrogens with zero attached hydrogens (tertiary/aromatic N) is 2. The van der Waals surface area contributed by atoms with Gasteiger partial charge in [-0.05, 0) is 26.3 Å². The van der Waals surface area contributed by atoms with Crippen LogP contribution < -0.4 is 5.73 Å². The molecule has 0 aromatic rings. The first kappa shape index (κ1) is 19.4. The molecule has 2 aliphatic rings. The van der Waals surface area contributed by atoms with Crippen molar-refractivity contribution < 1.29 is 14.4 Å². The quantitative estimate of drug-likeness (QED) is 0.700. The molecule has 136 valence electrons. The topological polar surface area (TPSA) is 83.7 Å². The zero-order valence-electron chi connectivity index (χ0n) is 14.8. The first-order valence-electron chi connectivity index (χ1n) is 8.83. The Morgan fingerprint density at radius 2 is 1.92 bits per heavy atom. The number of Topliss-reactive ketones (excluding diaryl/α,β-unsaturated/α-hetero) is 2. The van der Waals surface area contributed by atoms with E-state index in [4.69, 9.17) is 5.73 Å². The molecule has 7 heteroatoms. The molecule has 1 spiro atoms. The van der Waals surface area contributed by atoms with Gasteiger partial charge >= 0.3 is 0 Å². The largest absolute Gasteiger partial charge is 0.326 e. The highest BCUT2D eigenvalue weighted by Crippen LogP contribution is 2.48. The summed E-state index contributed by atoms with van der Waals surface area (Å²) in [6.45, 7) is 4.30. The summed E-state index contributed by atoms with van der Waals surface area (Å²) in [5, 5.41) is -0.342. The van der Waals surface area contributed by atoms with E-state index < -0.39 is 0 Å². The third-order valence-corrected chi connectivity index (χ3v) is 6.67. The fourth-order valence-electron chi connectivity index (χ4n) is 3.48. The molecule has 6 nitrogen and oxygen atoms in total. The van der Waals surface area contributed by atoms with Crippen molar-refractivity contribution in [2.24, 2.45) is 5.73 Å². The van der Waals surface area contributed by atoms with Crippen LogP contribution in [0.4, 0.5) is 0 Å². The van der Waals surface area contributed by atoms with Gasteiger partial charge in [-0.1, -0.05) is 6.92 Å². The molecule has 2 saturated heterocycles. The molecule has 0 bridgehead atoms. The van der Waals surface area contributed by atoms with Crippen LogP contribution in [-0.2, 0) is 14.4 Å². The third kappa shape index (κ3) is 4.37. The Morgan fingerprint density at radius 1 is 1.25 bits per heavy atom. The lowest BCUT2D eigenvalue weighted by molar-refractivity contribution is -0.135. The zero-order valence-corrected chi connectivity index (χ0v) is 15.6. The molecule has 2 N–H and O–H groups in total. The van der Waals surface area contributed by atoms with Gasteiger partial charge in [-0.3, -0.25) is 14.4 Å². The summed E-state index contributed by atoms with van der Waals surface area (Å²) >= 11 is 1.62. The summed E-state index contributed by atoms with van der Waals surface area (Å²) in [4.78, 5) is 40.4. The number of hydrogen-bond acceptors (Lipinski definition) is 6. The smallest absolute Gasteiger partial charge is 0.237 e. The van der Waals surface area contributed by atoms with Crippen molar-refractivity contribution in [1.29, 1.82) is 0 Å². The van der Waals surface area contributed by atoms with Gasteiger partial charge in [0.25, 0.3) is 0 Å². The molecule has 0 aliphatic carbocycles. The number of rotatable bonds is 8. The average Bonchev–Trinajstić information content (AvgIpc) is 2.80. The molecule has 1 atom stereocenters. The van der Waals surface area contributed by atoms with Crippen LogP contribution in [-0.4, -0.2) is 70.6 Å². The highest BCUT2D eigenvalue weighted by molar-refractivity contribution is 8.02. The van der Waals surface area contributed by atoms with Crippen molar-refractivity contribution in [2.45, 2.75) is 55.6 Å². The minimum Gasteiger partial charge on any atom is -0.326 e. The van der Waals surface area contributed by atoms with Crippen LogP contribution in [0.5, 0.6) is 0 Å². The first-order valence-corrected chi connectivity index (χ1v) is 9.71. The van der Waals surface area contributed by atoms with Crippen LogP contribution in [0, 0.1) is 0 Å². The Kier molecular flexibility index (Phi) is 6.83. The number of likely N-dealkylation sites (tertiary alicyclic amines) is 1. The van der Waals surface area contributed by atoms with Gasteiger partial charge in [0.1, 0.15) is 11.6 Å². The fraction of sp³-hybridized carbons (Fsp3) is 0.824. The predicted octanol–water partition coefficient (Wildman–Crippen LogP) is 1.03. The number of ketones is 2. The molecule has 0 aromatic heterocycles. The number of thioether (sulfide) groups is 1. The lowest BCUT2D eigenvalue weighted by Crippen LogP contribution is -2.51. The van der Waals surface area contributed by atoms with Crippen LogP contribution in [0.15, 0.2) is 0 Å². The summed E-state index contributed by atoms with van der Waals surface area (Å²) in [5.74, 6) is 0.142. The second kappa shape index (κ2) is 8.45. The van der Waals surface area contributed by atoms with E-state index in [1.807, 2.05) is 11.8 Å². The monoisotopic (exact) mass is 355 g/mol. The number of carbonyl (C=O) groups is 3. The van der Waals surface area contributed by atoms with Gasteiger partial charge in [0.2, 0.25) is 5.91 Å². The van der Waals surface area contributed by atoms with Gasteiger partial charge in [0, 0.05) is 38.9 Å². The van der Waals surface area contributed by atoms with E-state index in [2.05, 4.69) is 11.9 Å². The number of hydrogen-bond donors (Lipinski definition) is 1. The Balaban J connectivity index is 2.10. The maximum atomic E-state index is 12.9. The van der Waals surface area contributed by atoms with E-state index in [0.29, 0.717) is 19.4 Å². The van der Waals surface area contributed by atoms with E-state index in [9.17, 15) is 14.4 Å². The molecule has 0 saturated carbocycles. The molecular weight excluding hydrogens is 326 g/mol. The standard InChI is InChI=1S/C17H29N3O3S/c1-3-4-13(21)5-8-20-16(23)15(11-14(22)12-18)24-17(20)6-9-19(2)10-7-17/h15H,3-12,18H2,1-2H3. The average molecular weight is 356 g/mol. The van der Waals surface area contributed by atoms with E-state index in [1.54, 1.807) is 11.8 Å². The van der Waals surface area contributed by atoms with Gasteiger partial charge < -0.3 is 15.5 Å². The SMILES string of the molecule is CCCC(=O)CCN1C(=O)C(CC(=O)CN)SC12CCN(C)CC2. The fourth-order valence-corrected chi connectivity index (χ4v) is 5.24. The number of piperidine rings is 1. The molecule has 1 unspecified atom stereocenters. The highest BCUT2D eigenvalue weighted by atomic mass is 32.2. The van der Waals surface area contributed by atoms with Gasteiger partial charge in [-0.15, -0.1) is 11.8 Å². The maximum Gasteiger partial charge on any atom is 0.237 e. The molecule has 1 amide bonds. The minimum absolute atomic E-state index is 0.00986. The lowest BCUT2D eigenvalue weighted by atomic mass is 10.0.